The standard InChI is InChI=1S/C21H26N2O4S/c1-16(10-11-17-7-4-3-5-8-17)22-28(25,26)18-12-13-20(27-2)19(15-18)23-14-6-9-21(23)24/h3-5,7-8,12-13,15-16,22H,6,9-11,14H2,1-2H3. The normalized spacial score (nSPS) is 15.6. The molecule has 1 amide bonds. The van der Waals surface area contributed by atoms with Crippen molar-refractivity contribution in [2.24, 2.45) is 0 Å². The highest BCUT2D eigenvalue weighted by atomic mass is 32.2. The number of amides is 1. The number of sulfonamides is 1. The maximum Gasteiger partial charge on any atom is 0.240 e. The van der Waals surface area contributed by atoms with Crippen LogP contribution in [0.3, 0.4) is 0 Å². The van der Waals surface area contributed by atoms with Crippen LogP contribution in [0.15, 0.2) is 53.4 Å². The molecule has 1 atom stereocenters. The molecular weight excluding hydrogens is 376 g/mol. The average molecular weight is 403 g/mol. The summed E-state index contributed by atoms with van der Waals surface area (Å²) in [7, 11) is -2.19. The first-order valence-electron chi connectivity index (χ1n) is 9.45. The number of hydrogen-bond acceptors (Lipinski definition) is 4. The first-order valence-corrected chi connectivity index (χ1v) is 10.9. The lowest BCUT2D eigenvalue weighted by Gasteiger charge is -2.20. The van der Waals surface area contributed by atoms with E-state index in [9.17, 15) is 13.2 Å². The number of carbonyl (C=O) groups excluding carboxylic acids is 1. The summed E-state index contributed by atoms with van der Waals surface area (Å²) in [6.45, 7) is 2.43. The number of ether oxygens (including phenoxy) is 1. The van der Waals surface area contributed by atoms with Gasteiger partial charge in [-0.1, -0.05) is 30.3 Å². The number of rotatable bonds is 8. The van der Waals surface area contributed by atoms with Gasteiger partial charge in [0.25, 0.3) is 0 Å². The van der Waals surface area contributed by atoms with Crippen LogP contribution in [0.5, 0.6) is 5.75 Å². The quantitative estimate of drug-likeness (QED) is 0.736. The smallest absolute Gasteiger partial charge is 0.240 e. The minimum absolute atomic E-state index is 0.0166. The van der Waals surface area contributed by atoms with Crippen LogP contribution in [0.2, 0.25) is 0 Å². The Morgan fingerprint density at radius 2 is 1.93 bits per heavy atom. The third kappa shape index (κ3) is 4.72. The molecule has 7 heteroatoms. The van der Waals surface area contributed by atoms with Crippen molar-refractivity contribution >= 4 is 21.6 Å². The Balaban J connectivity index is 1.74. The van der Waals surface area contributed by atoms with Crippen LogP contribution in [0.25, 0.3) is 0 Å². The van der Waals surface area contributed by atoms with Crippen molar-refractivity contribution in [2.75, 3.05) is 18.6 Å². The number of carbonyl (C=O) groups is 1. The van der Waals surface area contributed by atoms with Gasteiger partial charge in [0.1, 0.15) is 5.75 Å². The summed E-state index contributed by atoms with van der Waals surface area (Å²) >= 11 is 0. The highest BCUT2D eigenvalue weighted by Crippen LogP contribution is 2.33. The second-order valence-corrected chi connectivity index (χ2v) is 8.74. The third-order valence-corrected chi connectivity index (χ3v) is 6.48. The van der Waals surface area contributed by atoms with Gasteiger partial charge in [-0.05, 0) is 49.9 Å². The summed E-state index contributed by atoms with van der Waals surface area (Å²) in [5.74, 6) is 0.475. The molecule has 0 spiro atoms. The molecular formula is C21H26N2O4S. The maximum absolute atomic E-state index is 12.8. The zero-order valence-electron chi connectivity index (χ0n) is 16.2. The molecule has 1 fully saturated rings. The Bertz CT molecular complexity index is 929. The van der Waals surface area contributed by atoms with Crippen LogP contribution in [0.4, 0.5) is 5.69 Å². The fourth-order valence-corrected chi connectivity index (χ4v) is 4.67. The number of nitrogens with one attached hydrogen (secondary N) is 1. The minimum Gasteiger partial charge on any atom is -0.495 e. The predicted octanol–water partition coefficient (Wildman–Crippen LogP) is 3.12. The van der Waals surface area contributed by atoms with Gasteiger partial charge in [0.15, 0.2) is 0 Å². The van der Waals surface area contributed by atoms with Crippen molar-refractivity contribution in [3.8, 4) is 5.75 Å². The molecule has 0 saturated carbocycles. The van der Waals surface area contributed by atoms with Crippen LogP contribution < -0.4 is 14.4 Å². The lowest BCUT2D eigenvalue weighted by atomic mass is 10.1. The Labute approximate surface area is 166 Å². The third-order valence-electron chi connectivity index (χ3n) is 4.89. The van der Waals surface area contributed by atoms with E-state index in [2.05, 4.69) is 4.72 Å². The molecule has 3 rings (SSSR count). The molecule has 1 saturated heterocycles. The molecule has 0 aromatic heterocycles. The van der Waals surface area contributed by atoms with Crippen LogP contribution in [0.1, 0.15) is 31.7 Å². The highest BCUT2D eigenvalue weighted by Gasteiger charge is 2.27. The Morgan fingerprint density at radius 3 is 2.57 bits per heavy atom. The number of benzene rings is 2. The summed E-state index contributed by atoms with van der Waals surface area (Å²) in [5, 5.41) is 0. The molecule has 1 unspecified atom stereocenters. The van der Waals surface area contributed by atoms with Crippen molar-refractivity contribution < 1.29 is 17.9 Å². The van der Waals surface area contributed by atoms with Crippen molar-refractivity contribution in [3.63, 3.8) is 0 Å². The van der Waals surface area contributed by atoms with E-state index in [1.807, 2.05) is 37.3 Å². The Morgan fingerprint density at radius 1 is 1.18 bits per heavy atom. The summed E-state index contributed by atoms with van der Waals surface area (Å²) in [6, 6.07) is 14.4. The summed E-state index contributed by atoms with van der Waals surface area (Å²) in [6.07, 6.45) is 2.71. The number of hydrogen-bond donors (Lipinski definition) is 1. The van der Waals surface area contributed by atoms with Crippen molar-refractivity contribution in [1.82, 2.24) is 4.72 Å². The Kier molecular flexibility index (Phi) is 6.36. The zero-order valence-corrected chi connectivity index (χ0v) is 17.0. The molecule has 1 aliphatic heterocycles. The zero-order chi connectivity index (χ0) is 20.1. The van der Waals surface area contributed by atoms with Crippen LogP contribution in [-0.4, -0.2) is 34.0 Å². The van der Waals surface area contributed by atoms with Crippen LogP contribution in [-0.2, 0) is 21.2 Å². The SMILES string of the molecule is COc1ccc(S(=O)(=O)NC(C)CCc2ccccc2)cc1N1CCCC1=O. The molecule has 1 heterocycles. The topological polar surface area (TPSA) is 75.7 Å². The van der Waals surface area contributed by atoms with E-state index in [1.54, 1.807) is 11.0 Å². The summed E-state index contributed by atoms with van der Waals surface area (Å²) < 4.78 is 33.8. The van der Waals surface area contributed by atoms with Crippen molar-refractivity contribution in [3.05, 3.63) is 54.1 Å². The van der Waals surface area contributed by atoms with Gasteiger partial charge in [0.05, 0.1) is 17.7 Å². The van der Waals surface area contributed by atoms with Gasteiger partial charge in [-0.2, -0.15) is 0 Å². The number of methoxy groups -OCH3 is 1. The average Bonchev–Trinajstić information content (AvgIpc) is 3.12. The number of nitrogens with zero attached hydrogens (tertiary/aromatic N) is 1. The molecule has 0 aliphatic carbocycles. The molecule has 1 aliphatic rings. The van der Waals surface area contributed by atoms with Gasteiger partial charge in [0, 0.05) is 19.0 Å². The second kappa shape index (κ2) is 8.75. The molecule has 2 aromatic carbocycles. The van der Waals surface area contributed by atoms with Crippen LogP contribution >= 0.6 is 0 Å². The lowest BCUT2D eigenvalue weighted by molar-refractivity contribution is -0.117. The minimum atomic E-state index is -3.70. The van der Waals surface area contributed by atoms with Crippen molar-refractivity contribution in [1.29, 1.82) is 0 Å². The molecule has 28 heavy (non-hydrogen) atoms. The first kappa shape index (κ1) is 20.4. The molecule has 6 nitrogen and oxygen atoms in total. The first-order chi connectivity index (χ1) is 13.4. The number of aryl methyl sites for hydroxylation is 1. The van der Waals surface area contributed by atoms with Crippen molar-refractivity contribution in [2.45, 2.75) is 43.5 Å². The lowest BCUT2D eigenvalue weighted by Crippen LogP contribution is -2.33. The van der Waals surface area contributed by atoms with Gasteiger partial charge >= 0.3 is 0 Å². The van der Waals surface area contributed by atoms with E-state index in [0.29, 0.717) is 30.8 Å². The maximum atomic E-state index is 12.8. The van der Waals surface area contributed by atoms with E-state index in [4.69, 9.17) is 4.74 Å². The van der Waals surface area contributed by atoms with Gasteiger partial charge < -0.3 is 9.64 Å². The Hall–Kier alpha value is -2.38. The predicted molar refractivity (Wildman–Crippen MR) is 109 cm³/mol. The largest absolute Gasteiger partial charge is 0.495 e. The molecule has 2 aromatic rings. The van der Waals surface area contributed by atoms with E-state index in [0.717, 1.165) is 12.8 Å². The molecule has 1 N–H and O–H groups in total. The van der Waals surface area contributed by atoms with Gasteiger partial charge in [0.2, 0.25) is 15.9 Å². The van der Waals surface area contributed by atoms with E-state index in [-0.39, 0.29) is 16.8 Å². The van der Waals surface area contributed by atoms with Gasteiger partial charge in [-0.15, -0.1) is 0 Å². The molecule has 0 bridgehead atoms. The van der Waals surface area contributed by atoms with E-state index in [1.165, 1.54) is 24.8 Å². The van der Waals surface area contributed by atoms with Gasteiger partial charge in [-0.3, -0.25) is 4.79 Å². The molecule has 150 valence electrons. The van der Waals surface area contributed by atoms with E-state index < -0.39 is 10.0 Å². The monoisotopic (exact) mass is 402 g/mol. The van der Waals surface area contributed by atoms with Gasteiger partial charge in [-0.25, -0.2) is 13.1 Å². The number of anilines is 1. The fourth-order valence-electron chi connectivity index (χ4n) is 3.37. The van der Waals surface area contributed by atoms with E-state index >= 15 is 0 Å². The van der Waals surface area contributed by atoms with Crippen LogP contribution in [0, 0.1) is 0 Å². The molecule has 0 radical (unpaired) electrons. The fraction of sp³-hybridized carbons (Fsp3) is 0.381. The summed E-state index contributed by atoms with van der Waals surface area (Å²) in [4.78, 5) is 13.8. The highest BCUT2D eigenvalue weighted by molar-refractivity contribution is 7.89. The summed E-state index contributed by atoms with van der Waals surface area (Å²) in [5.41, 5.74) is 1.68. The second-order valence-electron chi connectivity index (χ2n) is 7.03.